The van der Waals surface area contributed by atoms with Crippen LogP contribution < -0.4 is 0 Å². The summed E-state index contributed by atoms with van der Waals surface area (Å²) in [5, 5.41) is 0. The van der Waals surface area contributed by atoms with Gasteiger partial charge in [-0.25, -0.2) is 0 Å². The van der Waals surface area contributed by atoms with Gasteiger partial charge in [-0.05, 0) is 65.0 Å². The highest BCUT2D eigenvalue weighted by atomic mass is 14.4. The second kappa shape index (κ2) is 5.27. The zero-order valence-corrected chi connectivity index (χ0v) is 15.0. The maximum atomic E-state index is 5.61. The molecule has 0 saturated heterocycles. The molecule has 0 bridgehead atoms. The van der Waals surface area contributed by atoms with E-state index in [0.717, 1.165) is 5.56 Å². The Morgan fingerprint density at radius 2 is 1.65 bits per heavy atom. The van der Waals surface area contributed by atoms with E-state index in [1.165, 1.54) is 40.7 Å². The lowest BCUT2D eigenvalue weighted by Crippen LogP contribution is -2.34. The van der Waals surface area contributed by atoms with Crippen molar-refractivity contribution >= 4 is 0 Å². The molecule has 0 aromatic heterocycles. The standard InChI is InChI=1S/C23H26/c1-7-17-9-8-10-18(15-17)19-13-16(2)14-20-21(19)23(5,6)12-11-22(20,3)4/h1,8-10,13-15H,11-12H2,2-6H3. The maximum absolute atomic E-state index is 5.61. The summed E-state index contributed by atoms with van der Waals surface area (Å²) in [6.07, 6.45) is 8.07. The number of fused-ring (bicyclic) bond motifs is 1. The van der Waals surface area contributed by atoms with E-state index in [1.807, 2.05) is 6.07 Å². The van der Waals surface area contributed by atoms with E-state index in [-0.39, 0.29) is 10.8 Å². The van der Waals surface area contributed by atoms with Gasteiger partial charge in [-0.15, -0.1) is 6.42 Å². The van der Waals surface area contributed by atoms with Crippen molar-refractivity contribution in [2.75, 3.05) is 0 Å². The quantitative estimate of drug-likeness (QED) is 0.567. The van der Waals surface area contributed by atoms with Gasteiger partial charge in [0.15, 0.2) is 0 Å². The van der Waals surface area contributed by atoms with Crippen LogP contribution in [0.1, 0.15) is 62.8 Å². The molecule has 0 nitrogen and oxygen atoms in total. The van der Waals surface area contributed by atoms with Gasteiger partial charge in [0.2, 0.25) is 0 Å². The van der Waals surface area contributed by atoms with Crippen LogP contribution >= 0.6 is 0 Å². The summed E-state index contributed by atoms with van der Waals surface area (Å²) >= 11 is 0. The minimum Gasteiger partial charge on any atom is -0.115 e. The molecule has 0 spiro atoms. The van der Waals surface area contributed by atoms with Gasteiger partial charge in [-0.1, -0.05) is 63.4 Å². The molecule has 1 aliphatic rings. The van der Waals surface area contributed by atoms with E-state index in [0.29, 0.717) is 0 Å². The Bertz CT molecular complexity index is 797. The van der Waals surface area contributed by atoms with Crippen molar-refractivity contribution < 1.29 is 0 Å². The molecule has 0 unspecified atom stereocenters. The van der Waals surface area contributed by atoms with Gasteiger partial charge in [0.05, 0.1) is 0 Å². The molecular weight excluding hydrogens is 276 g/mol. The second-order valence-corrected chi connectivity index (χ2v) is 8.23. The van der Waals surface area contributed by atoms with Gasteiger partial charge >= 0.3 is 0 Å². The predicted octanol–water partition coefficient (Wildman–Crippen LogP) is 5.99. The van der Waals surface area contributed by atoms with Crippen molar-refractivity contribution in [2.45, 2.75) is 58.3 Å². The molecule has 0 atom stereocenters. The number of rotatable bonds is 1. The molecule has 0 fully saturated rings. The summed E-state index contributed by atoms with van der Waals surface area (Å²) in [7, 11) is 0. The Morgan fingerprint density at radius 1 is 0.957 bits per heavy atom. The summed E-state index contributed by atoms with van der Waals surface area (Å²) < 4.78 is 0. The van der Waals surface area contributed by atoms with Crippen molar-refractivity contribution in [2.24, 2.45) is 0 Å². The normalized spacial score (nSPS) is 18.1. The molecule has 0 N–H and O–H groups in total. The largest absolute Gasteiger partial charge is 0.115 e. The summed E-state index contributed by atoms with van der Waals surface area (Å²) in [4.78, 5) is 0. The summed E-state index contributed by atoms with van der Waals surface area (Å²) in [6.45, 7) is 11.7. The molecule has 118 valence electrons. The zero-order chi connectivity index (χ0) is 16.8. The van der Waals surface area contributed by atoms with E-state index in [9.17, 15) is 0 Å². The number of hydrogen-bond acceptors (Lipinski definition) is 0. The summed E-state index contributed by atoms with van der Waals surface area (Å²) in [5.41, 5.74) is 8.32. The van der Waals surface area contributed by atoms with Crippen molar-refractivity contribution in [1.29, 1.82) is 0 Å². The Labute approximate surface area is 140 Å². The molecule has 3 rings (SSSR count). The molecule has 0 radical (unpaired) electrons. The van der Waals surface area contributed by atoms with Crippen molar-refractivity contribution in [3.05, 3.63) is 58.7 Å². The maximum Gasteiger partial charge on any atom is 0.0248 e. The third-order valence-corrected chi connectivity index (χ3v) is 5.40. The first-order valence-corrected chi connectivity index (χ1v) is 8.47. The summed E-state index contributed by atoms with van der Waals surface area (Å²) in [5.74, 6) is 2.77. The average molecular weight is 302 g/mol. The van der Waals surface area contributed by atoms with Gasteiger partial charge in [-0.3, -0.25) is 0 Å². The van der Waals surface area contributed by atoms with Gasteiger partial charge in [0.1, 0.15) is 0 Å². The molecule has 0 saturated carbocycles. The first kappa shape index (κ1) is 15.9. The first-order chi connectivity index (χ1) is 10.7. The smallest absolute Gasteiger partial charge is 0.0248 e. The molecule has 1 aliphatic carbocycles. The molecule has 23 heavy (non-hydrogen) atoms. The van der Waals surface area contributed by atoms with Crippen LogP contribution in [0.15, 0.2) is 36.4 Å². The fraction of sp³-hybridized carbons (Fsp3) is 0.391. The average Bonchev–Trinajstić information content (AvgIpc) is 2.51. The van der Waals surface area contributed by atoms with Crippen molar-refractivity contribution in [1.82, 2.24) is 0 Å². The lowest BCUT2D eigenvalue weighted by molar-refractivity contribution is 0.332. The molecule has 0 amide bonds. The highest BCUT2D eigenvalue weighted by Gasteiger charge is 2.38. The number of terminal acetylenes is 1. The lowest BCUT2D eigenvalue weighted by atomic mass is 9.61. The fourth-order valence-corrected chi connectivity index (χ4v) is 3.94. The van der Waals surface area contributed by atoms with Crippen LogP contribution in [0.2, 0.25) is 0 Å². The van der Waals surface area contributed by atoms with Crippen LogP contribution in [0.5, 0.6) is 0 Å². The van der Waals surface area contributed by atoms with Gasteiger partial charge in [0, 0.05) is 5.56 Å². The third kappa shape index (κ3) is 2.70. The van der Waals surface area contributed by atoms with E-state index in [1.54, 1.807) is 0 Å². The predicted molar refractivity (Wildman–Crippen MR) is 99.8 cm³/mol. The Hall–Kier alpha value is -2.00. The van der Waals surface area contributed by atoms with Crippen LogP contribution in [0.25, 0.3) is 11.1 Å². The highest BCUT2D eigenvalue weighted by molar-refractivity contribution is 5.73. The van der Waals surface area contributed by atoms with Gasteiger partial charge in [-0.2, -0.15) is 0 Å². The lowest BCUT2D eigenvalue weighted by Gasteiger charge is -2.43. The van der Waals surface area contributed by atoms with E-state index in [4.69, 9.17) is 6.42 Å². The van der Waals surface area contributed by atoms with Crippen LogP contribution in [0.4, 0.5) is 0 Å². The Morgan fingerprint density at radius 3 is 2.35 bits per heavy atom. The zero-order valence-electron chi connectivity index (χ0n) is 15.0. The van der Waals surface area contributed by atoms with E-state index < -0.39 is 0 Å². The van der Waals surface area contributed by atoms with Crippen LogP contribution in [-0.4, -0.2) is 0 Å². The Balaban J connectivity index is 2.34. The minimum atomic E-state index is 0.194. The topological polar surface area (TPSA) is 0 Å². The SMILES string of the molecule is C#Cc1cccc(-c2cc(C)cc3c2C(C)(C)CCC3(C)C)c1. The monoisotopic (exact) mass is 302 g/mol. The summed E-state index contributed by atoms with van der Waals surface area (Å²) in [6, 6.07) is 13.1. The molecule has 2 aromatic carbocycles. The third-order valence-electron chi connectivity index (χ3n) is 5.40. The fourth-order valence-electron chi connectivity index (χ4n) is 3.94. The number of benzene rings is 2. The van der Waals surface area contributed by atoms with Crippen LogP contribution in [0, 0.1) is 19.3 Å². The molecular formula is C23H26. The van der Waals surface area contributed by atoms with Gasteiger partial charge in [0.25, 0.3) is 0 Å². The number of hydrogen-bond donors (Lipinski definition) is 0. The minimum absolute atomic E-state index is 0.194. The number of aryl methyl sites for hydroxylation is 1. The molecule has 0 heteroatoms. The van der Waals surface area contributed by atoms with Crippen LogP contribution in [0.3, 0.4) is 0 Å². The van der Waals surface area contributed by atoms with E-state index in [2.05, 4.69) is 70.9 Å². The highest BCUT2D eigenvalue weighted by Crippen LogP contribution is 2.49. The van der Waals surface area contributed by atoms with Gasteiger partial charge < -0.3 is 0 Å². The molecule has 0 aliphatic heterocycles. The van der Waals surface area contributed by atoms with Crippen molar-refractivity contribution in [3.8, 4) is 23.5 Å². The van der Waals surface area contributed by atoms with E-state index >= 15 is 0 Å². The first-order valence-electron chi connectivity index (χ1n) is 8.47. The molecule has 2 aromatic rings. The van der Waals surface area contributed by atoms with Crippen LogP contribution in [-0.2, 0) is 10.8 Å². The second-order valence-electron chi connectivity index (χ2n) is 8.23. The Kier molecular flexibility index (Phi) is 3.64. The van der Waals surface area contributed by atoms with Crippen molar-refractivity contribution in [3.63, 3.8) is 0 Å². The molecule has 0 heterocycles.